The highest BCUT2D eigenvalue weighted by atomic mass is 19.4. The summed E-state index contributed by atoms with van der Waals surface area (Å²) in [7, 11) is 0. The van der Waals surface area contributed by atoms with Crippen LogP contribution in [0.1, 0.15) is 20.3 Å². The molecule has 4 nitrogen and oxygen atoms in total. The highest BCUT2D eigenvalue weighted by Crippen LogP contribution is 2.53. The van der Waals surface area contributed by atoms with Crippen LogP contribution in [-0.2, 0) is 9.53 Å². The number of ether oxygens (including phenoxy) is 1. The van der Waals surface area contributed by atoms with Crippen LogP contribution in [0.25, 0.3) is 0 Å². The number of alkyl halides is 3. The van der Waals surface area contributed by atoms with Gasteiger partial charge in [-0.05, 0) is 20.3 Å². The Kier molecular flexibility index (Phi) is 3.85. The number of aliphatic imine (C=N–C) groups is 1. The molecule has 0 amide bonds. The summed E-state index contributed by atoms with van der Waals surface area (Å²) in [5, 5.41) is 8.91. The third kappa shape index (κ3) is 2.68. The van der Waals surface area contributed by atoms with E-state index in [2.05, 4.69) is 16.8 Å². The van der Waals surface area contributed by atoms with Crippen LogP contribution in [0.4, 0.5) is 13.2 Å². The van der Waals surface area contributed by atoms with E-state index in [1.165, 1.54) is 13.8 Å². The quantitative estimate of drug-likeness (QED) is 0.806. The number of halogens is 3. The highest BCUT2D eigenvalue weighted by Gasteiger charge is 2.64. The maximum absolute atomic E-state index is 13.2. The molecular formula is C14H14F3NO3. The van der Waals surface area contributed by atoms with Gasteiger partial charge in [0, 0.05) is 0 Å². The molecule has 0 aromatic rings. The molecule has 0 aromatic carbocycles. The zero-order valence-electron chi connectivity index (χ0n) is 11.5. The van der Waals surface area contributed by atoms with Crippen LogP contribution in [0, 0.1) is 17.3 Å². The second kappa shape index (κ2) is 5.19. The molecule has 7 heteroatoms. The Balaban J connectivity index is 2.51. The zero-order valence-corrected chi connectivity index (χ0v) is 11.5. The molecule has 1 unspecified atom stereocenters. The Hall–Kier alpha value is -1.81. The topological polar surface area (TPSA) is 58.9 Å². The largest absolute Gasteiger partial charge is 0.486 e. The third-order valence-electron chi connectivity index (χ3n) is 3.39. The summed E-state index contributed by atoms with van der Waals surface area (Å²) in [6.45, 7) is 2.39. The predicted molar refractivity (Wildman–Crippen MR) is 68.5 cm³/mol. The van der Waals surface area contributed by atoms with Crippen LogP contribution in [0.3, 0.4) is 0 Å². The van der Waals surface area contributed by atoms with Gasteiger partial charge in [-0.2, -0.15) is 13.2 Å². The number of Topliss-reactive ketones (excluding diaryl/α,β-unsaturated/α-hetero) is 1. The molecule has 2 aliphatic rings. The van der Waals surface area contributed by atoms with E-state index in [1.807, 2.05) is 0 Å². The van der Waals surface area contributed by atoms with E-state index >= 15 is 0 Å². The van der Waals surface area contributed by atoms with Crippen molar-refractivity contribution in [2.45, 2.75) is 38.6 Å². The van der Waals surface area contributed by atoms with Crippen LogP contribution in [-0.4, -0.2) is 42.0 Å². The number of ketones is 1. The number of fused-ring (bicyclic) bond motifs is 1. The minimum atomic E-state index is -4.87. The molecule has 0 spiro atoms. The van der Waals surface area contributed by atoms with Gasteiger partial charge in [0.2, 0.25) is 0 Å². The fraction of sp³-hybridized carbons (Fsp3) is 0.571. The van der Waals surface area contributed by atoms with Gasteiger partial charge in [0.25, 0.3) is 0 Å². The van der Waals surface area contributed by atoms with Crippen LogP contribution in [0.2, 0.25) is 0 Å². The van der Waals surface area contributed by atoms with Crippen LogP contribution in [0.15, 0.2) is 16.3 Å². The summed E-state index contributed by atoms with van der Waals surface area (Å²) in [4.78, 5) is 16.3. The number of allylic oxidation sites excluding steroid dienone is 2. The molecule has 114 valence electrons. The van der Waals surface area contributed by atoms with Gasteiger partial charge in [0.05, 0.1) is 18.9 Å². The van der Waals surface area contributed by atoms with Gasteiger partial charge < -0.3 is 9.84 Å². The first-order valence-corrected chi connectivity index (χ1v) is 6.37. The second-order valence-electron chi connectivity index (χ2n) is 5.02. The summed E-state index contributed by atoms with van der Waals surface area (Å²) < 4.78 is 44.8. The first-order chi connectivity index (χ1) is 9.76. The molecular weight excluding hydrogens is 287 g/mol. The van der Waals surface area contributed by atoms with Gasteiger partial charge in [-0.25, -0.2) is 0 Å². The Morgan fingerprint density at radius 2 is 2.29 bits per heavy atom. The SMILES string of the molecule is CC#C[C@@]12CC1N=CC(O[C@@H](C)CO)=C(C(F)(F)F)C2=O. The Bertz CT molecular complexity index is 582. The lowest BCUT2D eigenvalue weighted by Crippen LogP contribution is -2.30. The predicted octanol–water partition coefficient (Wildman–Crippen LogP) is 1.64. The molecule has 1 fully saturated rings. The number of carbonyl (C=O) groups is 1. The Labute approximate surface area is 119 Å². The van der Waals surface area contributed by atoms with Gasteiger partial charge in [-0.3, -0.25) is 9.79 Å². The fourth-order valence-electron chi connectivity index (χ4n) is 2.25. The van der Waals surface area contributed by atoms with Crippen molar-refractivity contribution in [3.8, 4) is 11.8 Å². The number of aliphatic hydroxyl groups excluding tert-OH is 1. The molecule has 3 atom stereocenters. The lowest BCUT2D eigenvalue weighted by Gasteiger charge is -2.18. The standard InChI is InChI=1S/C14H14F3NO3/c1-3-4-13-5-10(13)18-6-9(21-8(2)7-19)11(12(13)20)14(15,16)17/h6,8,10,19H,5,7H2,1-2H3/t8-,10?,13+/m0/s1. The third-order valence-corrected chi connectivity index (χ3v) is 3.39. The monoisotopic (exact) mass is 301 g/mol. The van der Waals surface area contributed by atoms with Crippen molar-refractivity contribution in [2.24, 2.45) is 10.4 Å². The molecule has 0 bridgehead atoms. The first-order valence-electron chi connectivity index (χ1n) is 6.37. The average Bonchev–Trinajstić information content (AvgIpc) is 3.09. The molecule has 2 rings (SSSR count). The van der Waals surface area contributed by atoms with Crippen molar-refractivity contribution in [3.05, 3.63) is 11.3 Å². The lowest BCUT2D eigenvalue weighted by molar-refractivity contribution is -0.133. The van der Waals surface area contributed by atoms with Crippen LogP contribution in [0.5, 0.6) is 0 Å². The smallest absolute Gasteiger partial charge is 0.423 e. The molecule has 21 heavy (non-hydrogen) atoms. The highest BCUT2D eigenvalue weighted by molar-refractivity contribution is 6.10. The summed E-state index contributed by atoms with van der Waals surface area (Å²) in [6.07, 6.45) is -4.64. The number of hydrogen-bond donors (Lipinski definition) is 1. The van der Waals surface area contributed by atoms with E-state index in [1.54, 1.807) is 0 Å². The van der Waals surface area contributed by atoms with Crippen molar-refractivity contribution in [1.29, 1.82) is 0 Å². The summed E-state index contributed by atoms with van der Waals surface area (Å²) in [6, 6.07) is -0.569. The normalized spacial score (nSPS) is 29.2. The first kappa shape index (κ1) is 15.6. The van der Waals surface area contributed by atoms with E-state index in [-0.39, 0.29) is 6.42 Å². The minimum absolute atomic E-state index is 0.186. The molecule has 0 saturated heterocycles. The van der Waals surface area contributed by atoms with E-state index in [9.17, 15) is 18.0 Å². The fourth-order valence-corrected chi connectivity index (χ4v) is 2.25. The molecule has 0 aromatic heterocycles. The van der Waals surface area contributed by atoms with Gasteiger partial charge in [0.1, 0.15) is 17.1 Å². The molecule has 0 radical (unpaired) electrons. The van der Waals surface area contributed by atoms with Crippen molar-refractivity contribution in [2.75, 3.05) is 6.61 Å². The summed E-state index contributed by atoms with van der Waals surface area (Å²) in [5.74, 6) is 3.30. The van der Waals surface area contributed by atoms with Gasteiger partial charge >= 0.3 is 6.18 Å². The Morgan fingerprint density at radius 1 is 1.62 bits per heavy atom. The molecule has 1 aliphatic carbocycles. The Morgan fingerprint density at radius 3 is 2.81 bits per heavy atom. The zero-order chi connectivity index (χ0) is 15.8. The van der Waals surface area contributed by atoms with Gasteiger partial charge in [0.15, 0.2) is 11.5 Å². The summed E-state index contributed by atoms with van der Waals surface area (Å²) >= 11 is 0. The van der Waals surface area contributed by atoms with Crippen molar-refractivity contribution >= 4 is 12.0 Å². The maximum atomic E-state index is 13.2. The molecule has 1 saturated carbocycles. The van der Waals surface area contributed by atoms with Crippen LogP contribution >= 0.6 is 0 Å². The van der Waals surface area contributed by atoms with E-state index in [4.69, 9.17) is 9.84 Å². The second-order valence-corrected chi connectivity index (χ2v) is 5.02. The van der Waals surface area contributed by atoms with Crippen molar-refractivity contribution in [3.63, 3.8) is 0 Å². The number of rotatable bonds is 3. The van der Waals surface area contributed by atoms with Gasteiger partial charge in [-0.1, -0.05) is 5.92 Å². The van der Waals surface area contributed by atoms with E-state index in [0.717, 1.165) is 6.21 Å². The number of nitrogens with zero attached hydrogens (tertiary/aromatic N) is 1. The number of aliphatic hydroxyl groups is 1. The maximum Gasteiger partial charge on any atom is 0.423 e. The van der Waals surface area contributed by atoms with Crippen molar-refractivity contribution in [1.82, 2.24) is 0 Å². The summed E-state index contributed by atoms with van der Waals surface area (Å²) in [5.41, 5.74) is -2.77. The van der Waals surface area contributed by atoms with Gasteiger partial charge in [-0.15, -0.1) is 5.92 Å². The van der Waals surface area contributed by atoms with Crippen LogP contribution < -0.4 is 0 Å². The molecule has 1 heterocycles. The van der Waals surface area contributed by atoms with E-state index in [0.29, 0.717) is 0 Å². The number of hydrogen-bond acceptors (Lipinski definition) is 4. The number of carbonyl (C=O) groups excluding carboxylic acids is 1. The lowest BCUT2D eigenvalue weighted by atomic mass is 9.93. The van der Waals surface area contributed by atoms with Crippen molar-refractivity contribution < 1.29 is 27.8 Å². The molecule has 1 aliphatic heterocycles. The average molecular weight is 301 g/mol. The molecule has 1 N–H and O–H groups in total. The van der Waals surface area contributed by atoms with E-state index < -0.39 is 47.5 Å². The minimum Gasteiger partial charge on any atom is -0.486 e.